The van der Waals surface area contributed by atoms with Crippen LogP contribution in [0.1, 0.15) is 22.3 Å². The largest absolute Gasteiger partial charge is 0.493 e. The quantitative estimate of drug-likeness (QED) is 0.249. The maximum atomic E-state index is 13.0. The summed E-state index contributed by atoms with van der Waals surface area (Å²) in [6, 6.07) is 23.1. The number of rotatable bonds is 8. The summed E-state index contributed by atoms with van der Waals surface area (Å²) in [5.74, 6) is 0.665. The Hall–Kier alpha value is -4.83. The molecule has 186 valence electrons. The molecule has 0 aliphatic carbocycles. The van der Waals surface area contributed by atoms with Crippen molar-refractivity contribution in [3.8, 4) is 28.8 Å². The zero-order valence-corrected chi connectivity index (χ0v) is 21.3. The highest BCUT2D eigenvalue weighted by atomic mass is 16.5. The Morgan fingerprint density at radius 3 is 2.43 bits per heavy atom. The van der Waals surface area contributed by atoms with Gasteiger partial charge in [0, 0.05) is 23.0 Å². The molecule has 4 rings (SSSR count). The van der Waals surface area contributed by atoms with Crippen LogP contribution in [0.25, 0.3) is 17.3 Å². The summed E-state index contributed by atoms with van der Waals surface area (Å²) in [6.07, 6.45) is 3.40. The zero-order valence-electron chi connectivity index (χ0n) is 21.3. The number of benzene rings is 3. The van der Waals surface area contributed by atoms with E-state index in [0.29, 0.717) is 35.0 Å². The maximum Gasteiger partial charge on any atom is 0.266 e. The van der Waals surface area contributed by atoms with Gasteiger partial charge in [0.1, 0.15) is 11.6 Å². The van der Waals surface area contributed by atoms with Gasteiger partial charge in [0.05, 0.1) is 26.5 Å². The van der Waals surface area contributed by atoms with Crippen LogP contribution in [-0.2, 0) is 11.3 Å². The number of nitrogens with one attached hydrogen (secondary N) is 1. The van der Waals surface area contributed by atoms with E-state index >= 15 is 0 Å². The molecule has 0 aliphatic rings. The van der Waals surface area contributed by atoms with E-state index in [1.165, 1.54) is 0 Å². The van der Waals surface area contributed by atoms with Crippen LogP contribution in [0.4, 0.5) is 5.69 Å². The molecule has 1 amide bonds. The van der Waals surface area contributed by atoms with Crippen molar-refractivity contribution in [2.45, 2.75) is 20.4 Å². The summed E-state index contributed by atoms with van der Waals surface area (Å²) in [4.78, 5) is 13.0. The monoisotopic (exact) mass is 492 g/mol. The number of nitrogens with zero attached hydrogens (tertiary/aromatic N) is 3. The van der Waals surface area contributed by atoms with Crippen molar-refractivity contribution in [2.24, 2.45) is 0 Å². The number of hydrogen-bond acceptors (Lipinski definition) is 5. The van der Waals surface area contributed by atoms with Crippen molar-refractivity contribution < 1.29 is 14.3 Å². The van der Waals surface area contributed by atoms with Gasteiger partial charge in [0.2, 0.25) is 0 Å². The highest BCUT2D eigenvalue weighted by Gasteiger charge is 2.17. The second kappa shape index (κ2) is 11.3. The minimum atomic E-state index is -0.486. The van der Waals surface area contributed by atoms with Gasteiger partial charge >= 0.3 is 0 Å². The van der Waals surface area contributed by atoms with Gasteiger partial charge in [-0.1, -0.05) is 36.4 Å². The SMILES string of the molecule is COc1ccc(-c2nn(Cc3ccccc3)cc2/C=C(\C#N)C(=O)Nc2ccc(C)c(C)c2)cc1OC. The van der Waals surface area contributed by atoms with Gasteiger partial charge in [-0.05, 0) is 66.9 Å². The van der Waals surface area contributed by atoms with Crippen molar-refractivity contribution in [1.82, 2.24) is 9.78 Å². The molecule has 0 saturated carbocycles. The van der Waals surface area contributed by atoms with Crippen molar-refractivity contribution in [3.05, 3.63) is 101 Å². The zero-order chi connectivity index (χ0) is 26.4. The fourth-order valence-electron chi connectivity index (χ4n) is 3.92. The highest BCUT2D eigenvalue weighted by Crippen LogP contribution is 2.34. The minimum absolute atomic E-state index is 0.0285. The van der Waals surface area contributed by atoms with Gasteiger partial charge in [-0.25, -0.2) is 0 Å². The fraction of sp³-hybridized carbons (Fsp3) is 0.167. The van der Waals surface area contributed by atoms with Gasteiger partial charge in [0.15, 0.2) is 11.5 Å². The van der Waals surface area contributed by atoms with Gasteiger partial charge < -0.3 is 14.8 Å². The number of carbonyl (C=O) groups excluding carboxylic acids is 1. The molecule has 0 aliphatic heterocycles. The molecule has 7 nitrogen and oxygen atoms in total. The standard InChI is InChI=1S/C30H28N4O3/c1-20-10-12-26(14-21(20)2)32-30(35)24(17-31)15-25-19-34(18-22-8-6-5-7-9-22)33-29(25)23-11-13-27(36-3)28(16-23)37-4/h5-16,19H,18H2,1-4H3,(H,32,35)/b24-15+. The Balaban J connectivity index is 1.74. The first kappa shape index (κ1) is 25.3. The molecule has 37 heavy (non-hydrogen) atoms. The van der Waals surface area contributed by atoms with Gasteiger partial charge in [0.25, 0.3) is 5.91 Å². The Morgan fingerprint density at radius 2 is 1.76 bits per heavy atom. The summed E-state index contributed by atoms with van der Waals surface area (Å²) in [5.41, 5.74) is 5.87. The predicted molar refractivity (Wildman–Crippen MR) is 144 cm³/mol. The number of aryl methyl sites for hydroxylation is 2. The van der Waals surface area contributed by atoms with E-state index in [0.717, 1.165) is 22.3 Å². The van der Waals surface area contributed by atoms with Gasteiger partial charge in [-0.3, -0.25) is 9.48 Å². The summed E-state index contributed by atoms with van der Waals surface area (Å²) >= 11 is 0. The van der Waals surface area contributed by atoms with Crippen LogP contribution in [-0.4, -0.2) is 29.9 Å². The van der Waals surface area contributed by atoms with E-state index in [1.54, 1.807) is 31.0 Å². The molecule has 1 N–H and O–H groups in total. The third-order valence-electron chi connectivity index (χ3n) is 6.06. The Morgan fingerprint density at radius 1 is 1.00 bits per heavy atom. The molecule has 0 saturated heterocycles. The van der Waals surface area contributed by atoms with E-state index in [-0.39, 0.29) is 5.57 Å². The number of carbonyl (C=O) groups is 1. The molecule has 0 bridgehead atoms. The first-order valence-corrected chi connectivity index (χ1v) is 11.8. The third-order valence-corrected chi connectivity index (χ3v) is 6.06. The topological polar surface area (TPSA) is 89.2 Å². The summed E-state index contributed by atoms with van der Waals surface area (Å²) in [5, 5.41) is 17.5. The average Bonchev–Trinajstić information content (AvgIpc) is 3.31. The molecular weight excluding hydrogens is 464 g/mol. The molecule has 7 heteroatoms. The summed E-state index contributed by atoms with van der Waals surface area (Å²) in [6.45, 7) is 4.51. The minimum Gasteiger partial charge on any atom is -0.493 e. The average molecular weight is 493 g/mol. The maximum absolute atomic E-state index is 13.0. The Kier molecular flexibility index (Phi) is 7.70. The molecule has 0 radical (unpaired) electrons. The number of ether oxygens (including phenoxy) is 2. The van der Waals surface area contributed by atoms with Crippen LogP contribution >= 0.6 is 0 Å². The lowest BCUT2D eigenvalue weighted by atomic mass is 10.0. The van der Waals surface area contributed by atoms with Crippen LogP contribution in [0.5, 0.6) is 11.5 Å². The predicted octanol–water partition coefficient (Wildman–Crippen LogP) is 5.78. The first-order chi connectivity index (χ1) is 17.9. The molecule has 0 unspecified atom stereocenters. The van der Waals surface area contributed by atoms with Crippen LogP contribution in [0.3, 0.4) is 0 Å². The molecule has 1 heterocycles. The number of anilines is 1. The number of amides is 1. The normalized spacial score (nSPS) is 11.1. The van der Waals surface area contributed by atoms with Crippen LogP contribution < -0.4 is 14.8 Å². The van der Waals surface area contributed by atoms with Crippen molar-refractivity contribution in [3.63, 3.8) is 0 Å². The van der Waals surface area contributed by atoms with Crippen molar-refractivity contribution in [2.75, 3.05) is 19.5 Å². The summed E-state index contributed by atoms with van der Waals surface area (Å²) in [7, 11) is 3.15. The van der Waals surface area contributed by atoms with Gasteiger partial charge in [-0.2, -0.15) is 10.4 Å². The van der Waals surface area contributed by atoms with E-state index in [2.05, 4.69) is 5.32 Å². The second-order valence-electron chi connectivity index (χ2n) is 8.61. The Labute approximate surface area is 216 Å². The first-order valence-electron chi connectivity index (χ1n) is 11.8. The van der Waals surface area contributed by atoms with Crippen LogP contribution in [0, 0.1) is 25.2 Å². The van der Waals surface area contributed by atoms with E-state index in [4.69, 9.17) is 14.6 Å². The lowest BCUT2D eigenvalue weighted by Gasteiger charge is -2.09. The molecular formula is C30H28N4O3. The van der Waals surface area contributed by atoms with E-state index in [9.17, 15) is 10.1 Å². The van der Waals surface area contributed by atoms with Crippen LogP contribution in [0.15, 0.2) is 78.5 Å². The number of nitriles is 1. The highest BCUT2D eigenvalue weighted by molar-refractivity contribution is 6.10. The summed E-state index contributed by atoms with van der Waals surface area (Å²) < 4.78 is 12.6. The number of aromatic nitrogens is 2. The van der Waals surface area contributed by atoms with Crippen LogP contribution in [0.2, 0.25) is 0 Å². The third kappa shape index (κ3) is 5.88. The number of hydrogen-bond donors (Lipinski definition) is 1. The van der Waals surface area contributed by atoms with Crippen molar-refractivity contribution >= 4 is 17.7 Å². The van der Waals surface area contributed by atoms with Gasteiger partial charge in [-0.15, -0.1) is 0 Å². The molecule has 4 aromatic rings. The second-order valence-corrected chi connectivity index (χ2v) is 8.61. The Bertz CT molecular complexity index is 1500. The molecule has 1 aromatic heterocycles. The molecule has 0 fully saturated rings. The van der Waals surface area contributed by atoms with Crippen molar-refractivity contribution in [1.29, 1.82) is 5.26 Å². The fourth-order valence-corrected chi connectivity index (χ4v) is 3.92. The smallest absolute Gasteiger partial charge is 0.266 e. The molecule has 0 atom stereocenters. The van der Waals surface area contributed by atoms with E-state index in [1.807, 2.05) is 86.8 Å². The lowest BCUT2D eigenvalue weighted by molar-refractivity contribution is -0.112. The lowest BCUT2D eigenvalue weighted by Crippen LogP contribution is -2.13. The molecule has 3 aromatic carbocycles. The number of methoxy groups -OCH3 is 2. The molecule has 0 spiro atoms. The van der Waals surface area contributed by atoms with E-state index < -0.39 is 5.91 Å².